The second kappa shape index (κ2) is 6.92. The van der Waals surface area contributed by atoms with Crippen molar-refractivity contribution in [3.8, 4) is 17.2 Å². The first-order valence-electron chi connectivity index (χ1n) is 9.55. The topological polar surface area (TPSA) is 110 Å². The fraction of sp³-hybridized carbons (Fsp3) is 0.318. The van der Waals surface area contributed by atoms with Gasteiger partial charge in [-0.25, -0.2) is 4.98 Å². The number of hydrogen-bond acceptors (Lipinski definition) is 5. The van der Waals surface area contributed by atoms with E-state index in [2.05, 4.69) is 28.9 Å². The molecular formula is C22H21ClN6O. The van der Waals surface area contributed by atoms with E-state index in [1.54, 1.807) is 37.5 Å². The predicted octanol–water partition coefficient (Wildman–Crippen LogP) is 3.24. The summed E-state index contributed by atoms with van der Waals surface area (Å²) in [6.45, 7) is 6.86. The number of halogens is 1. The van der Waals surface area contributed by atoms with Crippen LogP contribution in [-0.4, -0.2) is 25.7 Å². The molecule has 0 saturated carbocycles. The van der Waals surface area contributed by atoms with Crippen molar-refractivity contribution < 1.29 is 4.79 Å². The van der Waals surface area contributed by atoms with E-state index in [0.717, 1.165) is 29.8 Å². The zero-order chi connectivity index (χ0) is 21.7. The molecule has 0 bridgehead atoms. The Balaban J connectivity index is 1.89. The van der Waals surface area contributed by atoms with E-state index in [0.29, 0.717) is 16.4 Å². The van der Waals surface area contributed by atoms with Crippen LogP contribution in [0.4, 0.5) is 0 Å². The monoisotopic (exact) mass is 420 g/mol. The van der Waals surface area contributed by atoms with Crippen molar-refractivity contribution in [3.05, 3.63) is 64.5 Å². The van der Waals surface area contributed by atoms with E-state index in [-0.39, 0.29) is 11.1 Å². The molecule has 0 radical (unpaired) electrons. The van der Waals surface area contributed by atoms with Gasteiger partial charge in [0, 0.05) is 29.6 Å². The molecule has 0 aliphatic carbocycles. The first-order valence-corrected chi connectivity index (χ1v) is 9.93. The molecule has 1 amide bonds. The number of hydrogen-bond donors (Lipinski definition) is 1. The minimum atomic E-state index is -1.41. The number of fused-ring (bicyclic) bond motifs is 1. The maximum Gasteiger partial charge on any atom is 0.235 e. The molecule has 3 aromatic rings. The zero-order valence-electron chi connectivity index (χ0n) is 17.0. The van der Waals surface area contributed by atoms with Crippen molar-refractivity contribution in [1.29, 1.82) is 5.26 Å². The standard InChI is InChI=1S/C22H21ClN6O/c1-21(2)9-16-15(11-27-29(16)12-21)14-7-8-26-19(18(14)23)22(3,20(25)30)17-6-4-5-13(10-24)28-17/h4-8,11H,9,12H2,1-3H3,(H2,25,30)/t22-/m1/s1. The normalized spacial score (nSPS) is 16.5. The Morgan fingerprint density at radius 1 is 1.33 bits per heavy atom. The lowest BCUT2D eigenvalue weighted by molar-refractivity contribution is -0.121. The Hall–Kier alpha value is -3.24. The second-order valence-electron chi connectivity index (χ2n) is 8.53. The number of carbonyl (C=O) groups is 1. The lowest BCUT2D eigenvalue weighted by atomic mass is 9.80. The number of nitriles is 1. The van der Waals surface area contributed by atoms with Crippen LogP contribution in [0.25, 0.3) is 11.1 Å². The molecule has 0 aromatic carbocycles. The summed E-state index contributed by atoms with van der Waals surface area (Å²) < 4.78 is 2.00. The predicted molar refractivity (Wildman–Crippen MR) is 113 cm³/mol. The summed E-state index contributed by atoms with van der Waals surface area (Å²) in [7, 11) is 0. The van der Waals surface area contributed by atoms with E-state index in [9.17, 15) is 10.1 Å². The van der Waals surface area contributed by atoms with Gasteiger partial charge in [-0.05, 0) is 37.0 Å². The van der Waals surface area contributed by atoms with E-state index < -0.39 is 11.3 Å². The van der Waals surface area contributed by atoms with Gasteiger partial charge < -0.3 is 5.73 Å². The van der Waals surface area contributed by atoms with Crippen LogP contribution < -0.4 is 5.73 Å². The van der Waals surface area contributed by atoms with Crippen LogP contribution in [0.3, 0.4) is 0 Å². The lowest BCUT2D eigenvalue weighted by Gasteiger charge is -2.26. The van der Waals surface area contributed by atoms with Gasteiger partial charge in [0.2, 0.25) is 5.91 Å². The van der Waals surface area contributed by atoms with Crippen molar-refractivity contribution >= 4 is 17.5 Å². The summed E-state index contributed by atoms with van der Waals surface area (Å²) >= 11 is 6.82. The van der Waals surface area contributed by atoms with E-state index >= 15 is 0 Å². The first kappa shape index (κ1) is 20.0. The molecule has 3 aromatic heterocycles. The van der Waals surface area contributed by atoms with Crippen LogP contribution in [-0.2, 0) is 23.2 Å². The fourth-order valence-corrected chi connectivity index (χ4v) is 4.42. The molecule has 0 saturated heterocycles. The lowest BCUT2D eigenvalue weighted by Crippen LogP contribution is -2.41. The highest BCUT2D eigenvalue weighted by Crippen LogP contribution is 2.42. The Morgan fingerprint density at radius 3 is 2.80 bits per heavy atom. The average Bonchev–Trinajstić information content (AvgIpc) is 3.22. The highest BCUT2D eigenvalue weighted by molar-refractivity contribution is 6.34. The molecule has 30 heavy (non-hydrogen) atoms. The van der Waals surface area contributed by atoms with Crippen LogP contribution in [0.15, 0.2) is 36.7 Å². The first-order chi connectivity index (χ1) is 14.2. The van der Waals surface area contributed by atoms with Gasteiger partial charge in [0.15, 0.2) is 0 Å². The minimum Gasteiger partial charge on any atom is -0.369 e. The van der Waals surface area contributed by atoms with Gasteiger partial charge in [0.05, 0.1) is 22.6 Å². The van der Waals surface area contributed by atoms with Gasteiger partial charge in [-0.2, -0.15) is 10.4 Å². The van der Waals surface area contributed by atoms with Gasteiger partial charge in [-0.15, -0.1) is 0 Å². The Kier molecular flexibility index (Phi) is 4.63. The average molecular weight is 421 g/mol. The van der Waals surface area contributed by atoms with Crippen molar-refractivity contribution in [2.24, 2.45) is 11.1 Å². The number of carbonyl (C=O) groups excluding carboxylic acids is 1. The molecule has 4 rings (SSSR count). The van der Waals surface area contributed by atoms with Crippen molar-refractivity contribution in [1.82, 2.24) is 19.7 Å². The SMILES string of the molecule is CC1(C)Cc2c(-c3ccnc([C@](C)(C(N)=O)c4cccc(C#N)n4)c3Cl)cnn2C1. The molecule has 1 atom stereocenters. The fourth-order valence-electron chi connectivity index (χ4n) is 4.01. The molecule has 4 heterocycles. The number of pyridine rings is 2. The largest absolute Gasteiger partial charge is 0.369 e. The molecule has 2 N–H and O–H groups in total. The van der Waals surface area contributed by atoms with Crippen LogP contribution >= 0.6 is 11.6 Å². The third-order valence-corrected chi connectivity index (χ3v) is 6.08. The third-order valence-electron chi connectivity index (χ3n) is 5.69. The van der Waals surface area contributed by atoms with E-state index in [1.807, 2.05) is 16.8 Å². The van der Waals surface area contributed by atoms with Gasteiger partial charge in [0.25, 0.3) is 0 Å². The van der Waals surface area contributed by atoms with Crippen LogP contribution in [0.2, 0.25) is 5.02 Å². The molecule has 7 nitrogen and oxygen atoms in total. The maximum absolute atomic E-state index is 12.6. The summed E-state index contributed by atoms with van der Waals surface area (Å²) in [5, 5.41) is 14.1. The maximum atomic E-state index is 12.6. The highest BCUT2D eigenvalue weighted by atomic mass is 35.5. The number of nitrogens with zero attached hydrogens (tertiary/aromatic N) is 5. The molecule has 0 unspecified atom stereocenters. The van der Waals surface area contributed by atoms with Crippen LogP contribution in [0, 0.1) is 16.7 Å². The van der Waals surface area contributed by atoms with Crippen molar-refractivity contribution in [2.45, 2.75) is 39.2 Å². The van der Waals surface area contributed by atoms with Crippen molar-refractivity contribution in [2.75, 3.05) is 0 Å². The molecule has 1 aliphatic rings. The van der Waals surface area contributed by atoms with E-state index in [1.165, 1.54) is 0 Å². The van der Waals surface area contributed by atoms with Gasteiger partial charge in [0.1, 0.15) is 17.2 Å². The van der Waals surface area contributed by atoms with E-state index in [4.69, 9.17) is 17.3 Å². The quantitative estimate of drug-likeness (QED) is 0.696. The van der Waals surface area contributed by atoms with Gasteiger partial charge >= 0.3 is 0 Å². The minimum absolute atomic E-state index is 0.115. The number of rotatable bonds is 4. The van der Waals surface area contributed by atoms with Gasteiger partial charge in [-0.1, -0.05) is 31.5 Å². The van der Waals surface area contributed by atoms with Crippen LogP contribution in [0.5, 0.6) is 0 Å². The molecule has 8 heteroatoms. The molecule has 0 spiro atoms. The Labute approximate surface area is 179 Å². The van der Waals surface area contributed by atoms with Crippen molar-refractivity contribution in [3.63, 3.8) is 0 Å². The molecule has 152 valence electrons. The Morgan fingerprint density at radius 2 is 2.10 bits per heavy atom. The summed E-state index contributed by atoms with van der Waals surface area (Å²) in [6.07, 6.45) is 4.27. The molecular weight excluding hydrogens is 400 g/mol. The summed E-state index contributed by atoms with van der Waals surface area (Å²) in [5.41, 5.74) is 8.08. The zero-order valence-corrected chi connectivity index (χ0v) is 17.7. The smallest absolute Gasteiger partial charge is 0.235 e. The summed E-state index contributed by atoms with van der Waals surface area (Å²) in [6, 6.07) is 8.67. The number of primary amides is 1. The number of nitrogens with two attached hydrogens (primary N) is 1. The summed E-state index contributed by atoms with van der Waals surface area (Å²) in [5.74, 6) is -0.655. The molecule has 1 aliphatic heterocycles. The third kappa shape index (κ3) is 3.04. The highest BCUT2D eigenvalue weighted by Gasteiger charge is 2.41. The second-order valence-corrected chi connectivity index (χ2v) is 8.91. The number of aromatic nitrogens is 4. The van der Waals surface area contributed by atoms with Crippen LogP contribution in [0.1, 0.15) is 43.5 Å². The van der Waals surface area contributed by atoms with Gasteiger partial charge in [-0.3, -0.25) is 14.5 Å². The number of amides is 1. The molecule has 0 fully saturated rings. The Bertz CT molecular complexity index is 1210. The summed E-state index contributed by atoms with van der Waals surface area (Å²) in [4.78, 5) is 21.3.